The van der Waals surface area contributed by atoms with Crippen molar-refractivity contribution in [3.63, 3.8) is 0 Å². The van der Waals surface area contributed by atoms with Crippen LogP contribution < -0.4 is 16.0 Å². The van der Waals surface area contributed by atoms with Gasteiger partial charge in [-0.25, -0.2) is 4.39 Å². The molecule has 0 saturated heterocycles. The van der Waals surface area contributed by atoms with E-state index in [0.717, 1.165) is 12.8 Å². The van der Waals surface area contributed by atoms with Crippen LogP contribution >= 0.6 is 0 Å². The monoisotopic (exact) mass is 294 g/mol. The number of hydrazine groups is 1. The number of hydrogen-bond donors (Lipinski definition) is 2. The fraction of sp³-hybridized carbons (Fsp3) is 0.647. The molecule has 1 aliphatic carbocycles. The molecule has 1 aliphatic rings. The van der Waals surface area contributed by atoms with E-state index in [1.54, 1.807) is 6.07 Å². The molecule has 118 valence electrons. The lowest BCUT2D eigenvalue weighted by Gasteiger charge is -2.38. The highest BCUT2D eigenvalue weighted by atomic mass is 19.1. The Kier molecular flexibility index (Phi) is 5.22. The minimum absolute atomic E-state index is 0.114. The number of ether oxygens (including phenoxy) is 1. The SMILES string of the molecule is COc1cccc(CC(NN)C2CCC(C)(C)CC2)c1F. The molecule has 4 heteroatoms. The van der Waals surface area contributed by atoms with Gasteiger partial charge in [0.15, 0.2) is 11.6 Å². The van der Waals surface area contributed by atoms with E-state index in [-0.39, 0.29) is 11.9 Å². The molecule has 3 N–H and O–H groups in total. The van der Waals surface area contributed by atoms with Crippen molar-refractivity contribution in [1.29, 1.82) is 0 Å². The minimum atomic E-state index is -0.267. The third-order valence-corrected chi connectivity index (χ3v) is 4.87. The molecule has 1 saturated carbocycles. The first-order valence-electron chi connectivity index (χ1n) is 7.74. The molecule has 1 aromatic rings. The van der Waals surface area contributed by atoms with Crippen LogP contribution in [0, 0.1) is 17.2 Å². The summed E-state index contributed by atoms with van der Waals surface area (Å²) in [5, 5.41) is 0. The quantitative estimate of drug-likeness (QED) is 0.646. The van der Waals surface area contributed by atoms with Crippen LogP contribution in [0.15, 0.2) is 18.2 Å². The number of rotatable bonds is 5. The third kappa shape index (κ3) is 3.95. The fourth-order valence-electron chi connectivity index (χ4n) is 3.29. The number of methoxy groups -OCH3 is 1. The Hall–Kier alpha value is -1.13. The van der Waals surface area contributed by atoms with Crippen molar-refractivity contribution >= 4 is 0 Å². The Bertz CT molecular complexity index is 466. The lowest BCUT2D eigenvalue weighted by Crippen LogP contribution is -2.44. The van der Waals surface area contributed by atoms with E-state index in [1.807, 2.05) is 12.1 Å². The topological polar surface area (TPSA) is 47.3 Å². The zero-order chi connectivity index (χ0) is 15.5. The second-order valence-corrected chi connectivity index (χ2v) is 6.91. The molecule has 0 spiro atoms. The standard InChI is InChI=1S/C17H27FN2O/c1-17(2)9-7-12(8-10-17)14(20-19)11-13-5-4-6-15(21-3)16(13)18/h4-6,12,14,20H,7-11,19H2,1-3H3. The van der Waals surface area contributed by atoms with Crippen molar-refractivity contribution in [3.05, 3.63) is 29.6 Å². The van der Waals surface area contributed by atoms with E-state index in [0.29, 0.717) is 29.1 Å². The van der Waals surface area contributed by atoms with E-state index in [1.165, 1.54) is 20.0 Å². The highest BCUT2D eigenvalue weighted by Crippen LogP contribution is 2.39. The molecule has 1 fully saturated rings. The summed E-state index contributed by atoms with van der Waals surface area (Å²) in [6.45, 7) is 4.63. The largest absolute Gasteiger partial charge is 0.494 e. The van der Waals surface area contributed by atoms with Crippen LogP contribution in [0.2, 0.25) is 0 Å². The van der Waals surface area contributed by atoms with E-state index in [9.17, 15) is 4.39 Å². The van der Waals surface area contributed by atoms with Crippen molar-refractivity contribution < 1.29 is 9.13 Å². The van der Waals surface area contributed by atoms with Gasteiger partial charge in [-0.05, 0) is 55.1 Å². The van der Waals surface area contributed by atoms with E-state index in [2.05, 4.69) is 19.3 Å². The van der Waals surface area contributed by atoms with Crippen LogP contribution in [-0.4, -0.2) is 13.2 Å². The number of hydrogen-bond acceptors (Lipinski definition) is 3. The minimum Gasteiger partial charge on any atom is -0.494 e. The summed E-state index contributed by atoms with van der Waals surface area (Å²) in [5.41, 5.74) is 4.00. The number of nitrogens with two attached hydrogens (primary N) is 1. The summed E-state index contributed by atoms with van der Waals surface area (Å²) in [6, 6.07) is 5.40. The molecule has 0 radical (unpaired) electrons. The molecule has 1 aromatic carbocycles. The molecule has 1 unspecified atom stereocenters. The van der Waals surface area contributed by atoms with E-state index < -0.39 is 0 Å². The Morgan fingerprint density at radius 3 is 2.62 bits per heavy atom. The highest BCUT2D eigenvalue weighted by molar-refractivity contribution is 5.31. The molecule has 0 bridgehead atoms. The molecule has 0 aliphatic heterocycles. The summed E-state index contributed by atoms with van der Waals surface area (Å²) in [5.74, 6) is 6.28. The zero-order valence-electron chi connectivity index (χ0n) is 13.3. The first-order valence-corrected chi connectivity index (χ1v) is 7.74. The molecule has 0 amide bonds. The molecule has 21 heavy (non-hydrogen) atoms. The van der Waals surface area contributed by atoms with Gasteiger partial charge in [0.2, 0.25) is 0 Å². The maximum atomic E-state index is 14.3. The molecule has 0 aromatic heterocycles. The van der Waals surface area contributed by atoms with Crippen molar-refractivity contribution in [3.8, 4) is 5.75 Å². The van der Waals surface area contributed by atoms with Gasteiger partial charge in [0.05, 0.1) is 7.11 Å². The molecule has 0 heterocycles. The van der Waals surface area contributed by atoms with Gasteiger partial charge >= 0.3 is 0 Å². The van der Waals surface area contributed by atoms with Gasteiger partial charge in [-0.2, -0.15) is 0 Å². The van der Waals surface area contributed by atoms with Crippen molar-refractivity contribution in [2.75, 3.05) is 7.11 Å². The van der Waals surface area contributed by atoms with Crippen LogP contribution in [0.5, 0.6) is 5.75 Å². The van der Waals surface area contributed by atoms with E-state index >= 15 is 0 Å². The fourth-order valence-corrected chi connectivity index (χ4v) is 3.29. The Morgan fingerprint density at radius 2 is 2.05 bits per heavy atom. The maximum absolute atomic E-state index is 14.3. The van der Waals surface area contributed by atoms with Crippen molar-refractivity contribution in [2.24, 2.45) is 17.2 Å². The molecular formula is C17H27FN2O. The molecule has 3 nitrogen and oxygen atoms in total. The van der Waals surface area contributed by atoms with Gasteiger partial charge in [-0.3, -0.25) is 11.3 Å². The number of halogens is 1. The third-order valence-electron chi connectivity index (χ3n) is 4.87. The second-order valence-electron chi connectivity index (χ2n) is 6.91. The van der Waals surface area contributed by atoms with Gasteiger partial charge in [-0.15, -0.1) is 0 Å². The van der Waals surface area contributed by atoms with Gasteiger partial charge in [0.25, 0.3) is 0 Å². The van der Waals surface area contributed by atoms with Crippen LogP contribution in [0.3, 0.4) is 0 Å². The summed E-state index contributed by atoms with van der Waals surface area (Å²) >= 11 is 0. The van der Waals surface area contributed by atoms with Gasteiger partial charge < -0.3 is 4.74 Å². The van der Waals surface area contributed by atoms with Gasteiger partial charge in [-0.1, -0.05) is 26.0 Å². The number of benzene rings is 1. The Balaban J connectivity index is 2.06. The average molecular weight is 294 g/mol. The predicted octanol–water partition coefficient (Wildman–Crippen LogP) is 3.43. The zero-order valence-corrected chi connectivity index (χ0v) is 13.3. The first kappa shape index (κ1) is 16.2. The van der Waals surface area contributed by atoms with Gasteiger partial charge in [0.1, 0.15) is 0 Å². The highest BCUT2D eigenvalue weighted by Gasteiger charge is 2.31. The van der Waals surface area contributed by atoms with Crippen LogP contribution in [0.1, 0.15) is 45.1 Å². The number of nitrogens with one attached hydrogen (secondary N) is 1. The van der Waals surface area contributed by atoms with Crippen molar-refractivity contribution in [2.45, 2.75) is 52.0 Å². The Morgan fingerprint density at radius 1 is 1.38 bits per heavy atom. The van der Waals surface area contributed by atoms with Crippen LogP contribution in [-0.2, 0) is 6.42 Å². The summed E-state index contributed by atoms with van der Waals surface area (Å²) in [6.07, 6.45) is 5.30. The summed E-state index contributed by atoms with van der Waals surface area (Å²) in [4.78, 5) is 0. The lowest BCUT2D eigenvalue weighted by molar-refractivity contribution is 0.160. The summed E-state index contributed by atoms with van der Waals surface area (Å²) < 4.78 is 19.3. The predicted molar refractivity (Wildman–Crippen MR) is 83.5 cm³/mol. The van der Waals surface area contributed by atoms with Crippen LogP contribution in [0.4, 0.5) is 4.39 Å². The molecule has 1 atom stereocenters. The van der Waals surface area contributed by atoms with Gasteiger partial charge in [0, 0.05) is 6.04 Å². The Labute approximate surface area is 127 Å². The average Bonchev–Trinajstić information content (AvgIpc) is 2.47. The summed E-state index contributed by atoms with van der Waals surface area (Å²) in [7, 11) is 1.49. The van der Waals surface area contributed by atoms with E-state index in [4.69, 9.17) is 10.6 Å². The first-order chi connectivity index (χ1) is 9.96. The second kappa shape index (κ2) is 6.75. The van der Waals surface area contributed by atoms with Crippen molar-refractivity contribution in [1.82, 2.24) is 5.43 Å². The maximum Gasteiger partial charge on any atom is 0.168 e. The van der Waals surface area contributed by atoms with Crippen LogP contribution in [0.25, 0.3) is 0 Å². The normalized spacial score (nSPS) is 20.2. The smallest absolute Gasteiger partial charge is 0.168 e. The molecule has 2 rings (SSSR count). The lowest BCUT2D eigenvalue weighted by atomic mass is 9.70. The molecular weight excluding hydrogens is 267 g/mol.